The van der Waals surface area contributed by atoms with Gasteiger partial charge < -0.3 is 5.32 Å². The van der Waals surface area contributed by atoms with Crippen molar-refractivity contribution in [2.75, 3.05) is 12.4 Å². The molecule has 1 heterocycles. The molecule has 0 aliphatic carbocycles. The molecule has 0 spiro atoms. The van der Waals surface area contributed by atoms with E-state index in [1.165, 1.54) is 16.7 Å². The van der Waals surface area contributed by atoms with Crippen molar-refractivity contribution >= 4 is 46.2 Å². The maximum atomic E-state index is 12.3. The van der Waals surface area contributed by atoms with Crippen LogP contribution in [0.5, 0.6) is 0 Å². The Hall–Kier alpha value is -0.910. The number of imide groups is 1. The molecule has 0 bridgehead atoms. The molecule has 1 saturated heterocycles. The van der Waals surface area contributed by atoms with Gasteiger partial charge in [0.1, 0.15) is 0 Å². The van der Waals surface area contributed by atoms with Gasteiger partial charge in [-0.05, 0) is 37.5 Å². The van der Waals surface area contributed by atoms with E-state index in [1.54, 1.807) is 12.1 Å². The first-order valence-corrected chi connectivity index (χ1v) is 9.93. The summed E-state index contributed by atoms with van der Waals surface area (Å²) in [6.07, 6.45) is 3.98. The number of hydrogen-bond donors (Lipinski definition) is 1. The summed E-state index contributed by atoms with van der Waals surface area (Å²) >= 11 is 12.7. The largest absolute Gasteiger partial charge is 0.338 e. The van der Waals surface area contributed by atoms with Gasteiger partial charge in [-0.15, -0.1) is 11.6 Å². The number of benzene rings is 1. The van der Waals surface area contributed by atoms with Crippen molar-refractivity contribution in [2.24, 2.45) is 0 Å². The molecule has 1 aliphatic heterocycles. The fraction of sp³-hybridized carbons (Fsp3) is 0.529. The van der Waals surface area contributed by atoms with E-state index < -0.39 is 0 Å². The molecule has 24 heavy (non-hydrogen) atoms. The average Bonchev–Trinajstić information content (AvgIpc) is 2.86. The lowest BCUT2D eigenvalue weighted by Gasteiger charge is -2.22. The topological polar surface area (TPSA) is 49.4 Å². The van der Waals surface area contributed by atoms with Crippen LogP contribution < -0.4 is 5.32 Å². The third-order valence-electron chi connectivity index (χ3n) is 4.02. The summed E-state index contributed by atoms with van der Waals surface area (Å²) in [6.45, 7) is 2.48. The van der Waals surface area contributed by atoms with E-state index in [0.29, 0.717) is 17.4 Å². The average molecular weight is 389 g/mol. The van der Waals surface area contributed by atoms with E-state index in [1.807, 2.05) is 19.1 Å². The van der Waals surface area contributed by atoms with Crippen LogP contribution in [0.4, 0.5) is 9.59 Å². The van der Waals surface area contributed by atoms with Crippen molar-refractivity contribution in [3.8, 4) is 0 Å². The zero-order valence-electron chi connectivity index (χ0n) is 13.6. The van der Waals surface area contributed by atoms with Crippen molar-refractivity contribution in [3.63, 3.8) is 0 Å². The third-order valence-corrected chi connectivity index (χ3v) is 5.86. The Bertz CT molecular complexity index is 568. The molecule has 7 heteroatoms. The van der Waals surface area contributed by atoms with Crippen LogP contribution in [-0.4, -0.2) is 34.6 Å². The number of urea groups is 1. The normalized spacial score (nSPS) is 20.5. The molecule has 4 nitrogen and oxygen atoms in total. The summed E-state index contributed by atoms with van der Waals surface area (Å²) in [5.41, 5.74) is 1.00. The maximum absolute atomic E-state index is 12.3. The molecule has 1 aliphatic rings. The summed E-state index contributed by atoms with van der Waals surface area (Å²) < 4.78 is 0. The highest BCUT2D eigenvalue weighted by atomic mass is 35.5. The van der Waals surface area contributed by atoms with Gasteiger partial charge in [-0.25, -0.2) is 4.79 Å². The molecular weight excluding hydrogens is 367 g/mol. The lowest BCUT2D eigenvalue weighted by Crippen LogP contribution is -2.44. The summed E-state index contributed by atoms with van der Waals surface area (Å²) in [5.74, 6) is 0.676. The number of alkyl halides is 1. The molecule has 0 aromatic heterocycles. The van der Waals surface area contributed by atoms with Crippen molar-refractivity contribution in [3.05, 3.63) is 34.9 Å². The van der Waals surface area contributed by atoms with E-state index >= 15 is 0 Å². The van der Waals surface area contributed by atoms with Crippen LogP contribution in [0.3, 0.4) is 0 Å². The molecule has 132 valence electrons. The van der Waals surface area contributed by atoms with Crippen LogP contribution in [-0.2, 0) is 0 Å². The molecule has 0 saturated carbocycles. The van der Waals surface area contributed by atoms with Crippen LogP contribution in [0.2, 0.25) is 5.02 Å². The minimum Gasteiger partial charge on any atom is -0.338 e. The molecule has 2 atom stereocenters. The molecule has 3 amide bonds. The predicted octanol–water partition coefficient (Wildman–Crippen LogP) is 5.45. The maximum Gasteiger partial charge on any atom is 0.325 e. The van der Waals surface area contributed by atoms with Gasteiger partial charge in [0.05, 0.1) is 11.3 Å². The van der Waals surface area contributed by atoms with Gasteiger partial charge in [0.15, 0.2) is 0 Å². The van der Waals surface area contributed by atoms with Gasteiger partial charge in [0, 0.05) is 17.4 Å². The Morgan fingerprint density at radius 2 is 1.88 bits per heavy atom. The molecule has 1 fully saturated rings. The van der Waals surface area contributed by atoms with Gasteiger partial charge in [0.25, 0.3) is 5.24 Å². The zero-order chi connectivity index (χ0) is 17.5. The first-order valence-electron chi connectivity index (χ1n) is 8.13. The SMILES string of the molecule is CC1C(c2ccc(Cl)cc2)SC(=O)N1C(=O)NCCCCCCCl. The summed E-state index contributed by atoms with van der Waals surface area (Å²) in [6, 6.07) is 6.91. The van der Waals surface area contributed by atoms with Gasteiger partial charge in [-0.1, -0.05) is 48.3 Å². The van der Waals surface area contributed by atoms with Gasteiger partial charge in [-0.2, -0.15) is 0 Å². The van der Waals surface area contributed by atoms with Gasteiger partial charge >= 0.3 is 6.03 Å². The van der Waals surface area contributed by atoms with E-state index in [4.69, 9.17) is 23.2 Å². The Morgan fingerprint density at radius 1 is 1.21 bits per heavy atom. The van der Waals surface area contributed by atoms with Crippen LogP contribution >= 0.6 is 35.0 Å². The Morgan fingerprint density at radius 3 is 2.54 bits per heavy atom. The highest BCUT2D eigenvalue weighted by Crippen LogP contribution is 2.43. The van der Waals surface area contributed by atoms with Crippen molar-refractivity contribution in [2.45, 2.75) is 43.9 Å². The van der Waals surface area contributed by atoms with E-state index in [-0.39, 0.29) is 22.6 Å². The monoisotopic (exact) mass is 388 g/mol. The summed E-state index contributed by atoms with van der Waals surface area (Å²) in [5, 5.41) is 3.23. The number of carbonyl (C=O) groups is 2. The Balaban J connectivity index is 1.87. The first kappa shape index (κ1) is 19.4. The number of amides is 3. The van der Waals surface area contributed by atoms with Crippen LogP contribution in [0.25, 0.3) is 0 Å². The minimum absolute atomic E-state index is 0.0655. The van der Waals surface area contributed by atoms with E-state index in [0.717, 1.165) is 31.2 Å². The number of rotatable bonds is 7. The second-order valence-electron chi connectivity index (χ2n) is 5.80. The second kappa shape index (κ2) is 9.54. The van der Waals surface area contributed by atoms with Crippen LogP contribution in [0.1, 0.15) is 43.4 Å². The van der Waals surface area contributed by atoms with Crippen molar-refractivity contribution < 1.29 is 9.59 Å². The lowest BCUT2D eigenvalue weighted by molar-refractivity contribution is 0.189. The fourth-order valence-corrected chi connectivity index (χ4v) is 4.19. The van der Waals surface area contributed by atoms with Crippen molar-refractivity contribution in [1.82, 2.24) is 10.2 Å². The second-order valence-corrected chi connectivity index (χ2v) is 7.71. The molecule has 1 N–H and O–H groups in total. The van der Waals surface area contributed by atoms with Crippen LogP contribution in [0, 0.1) is 0 Å². The van der Waals surface area contributed by atoms with E-state index in [2.05, 4.69) is 5.32 Å². The molecular formula is C17H22Cl2N2O2S. The number of carbonyl (C=O) groups excluding carboxylic acids is 2. The summed E-state index contributed by atoms with van der Waals surface area (Å²) in [4.78, 5) is 25.9. The lowest BCUT2D eigenvalue weighted by atomic mass is 10.1. The zero-order valence-corrected chi connectivity index (χ0v) is 16.0. The quantitative estimate of drug-likeness (QED) is 0.499. The highest BCUT2D eigenvalue weighted by molar-refractivity contribution is 8.14. The van der Waals surface area contributed by atoms with Crippen LogP contribution in [0.15, 0.2) is 24.3 Å². The smallest absolute Gasteiger partial charge is 0.325 e. The number of halogens is 2. The van der Waals surface area contributed by atoms with Gasteiger partial charge in [0.2, 0.25) is 0 Å². The third kappa shape index (κ3) is 5.04. The number of hydrogen-bond acceptors (Lipinski definition) is 3. The Kier molecular flexibility index (Phi) is 7.72. The standard InChI is InChI=1S/C17H22Cl2N2O2S/c1-12-15(13-6-8-14(19)9-7-13)24-17(23)21(12)16(22)20-11-5-3-2-4-10-18/h6-9,12,15H,2-5,10-11H2,1H3,(H,20,22). The first-order chi connectivity index (χ1) is 11.5. The molecule has 1 aromatic carbocycles. The number of nitrogens with zero attached hydrogens (tertiary/aromatic N) is 1. The number of thioether (sulfide) groups is 1. The molecule has 2 unspecified atom stereocenters. The highest BCUT2D eigenvalue weighted by Gasteiger charge is 2.42. The van der Waals surface area contributed by atoms with Gasteiger partial charge in [-0.3, -0.25) is 9.69 Å². The molecule has 2 rings (SSSR count). The van der Waals surface area contributed by atoms with E-state index in [9.17, 15) is 9.59 Å². The summed E-state index contributed by atoms with van der Waals surface area (Å²) in [7, 11) is 0. The number of nitrogens with one attached hydrogen (secondary N) is 1. The fourth-order valence-electron chi connectivity index (χ4n) is 2.69. The molecule has 0 radical (unpaired) electrons. The molecule has 1 aromatic rings. The Labute approximate surface area is 157 Å². The minimum atomic E-state index is -0.311. The predicted molar refractivity (Wildman–Crippen MR) is 101 cm³/mol. The number of unbranched alkanes of at least 4 members (excludes halogenated alkanes) is 3. The van der Waals surface area contributed by atoms with Crippen molar-refractivity contribution in [1.29, 1.82) is 0 Å².